The van der Waals surface area contributed by atoms with Crippen molar-refractivity contribution in [2.24, 2.45) is 5.92 Å². The number of ketones is 1. The lowest BCUT2D eigenvalue weighted by atomic mass is 9.69. The first-order valence-corrected chi connectivity index (χ1v) is 15.6. The minimum atomic E-state index is -0.345. The number of ether oxygens (including phenoxy) is 1. The van der Waals surface area contributed by atoms with Crippen molar-refractivity contribution in [1.82, 2.24) is 10.2 Å². The molecule has 3 aliphatic rings. The first kappa shape index (κ1) is 31.7. The molecule has 0 bridgehead atoms. The van der Waals surface area contributed by atoms with Crippen molar-refractivity contribution in [1.29, 1.82) is 0 Å². The van der Waals surface area contributed by atoms with E-state index in [1.807, 2.05) is 75.7 Å². The van der Waals surface area contributed by atoms with Gasteiger partial charge in [-0.3, -0.25) is 4.79 Å². The molecule has 2 aliphatic carbocycles. The molecule has 3 aromatic carbocycles. The summed E-state index contributed by atoms with van der Waals surface area (Å²) in [6, 6.07) is 16.1. The predicted octanol–water partition coefficient (Wildman–Crippen LogP) is 7.19. The SMILES string of the molecule is C1=CC=CNC=C1.CCN(C(=O)Oc1ccc2c(c1)CC=c1c-2ccc2c1=CC(C(=O)c1ccc(F)cc1)CC2(C)C)C(C)C. The number of nitrogens with one attached hydrogen (secondary N) is 1. The number of nitrogens with zero attached hydrogens (tertiary/aromatic N) is 1. The zero-order chi connectivity index (χ0) is 32.1. The van der Waals surface area contributed by atoms with Gasteiger partial charge in [-0.25, -0.2) is 9.18 Å². The number of Topliss-reactive ketones (excluding diaryl/α,β-unsaturated/α-hetero) is 1. The number of fused-ring (bicyclic) bond motifs is 5. The van der Waals surface area contributed by atoms with Gasteiger partial charge in [0.1, 0.15) is 11.6 Å². The Bertz CT molecular complexity index is 1780. The molecule has 6 rings (SSSR count). The molecule has 0 aromatic heterocycles. The molecule has 45 heavy (non-hydrogen) atoms. The van der Waals surface area contributed by atoms with Crippen LogP contribution in [0, 0.1) is 11.7 Å². The molecule has 5 nitrogen and oxygen atoms in total. The number of benzene rings is 3. The lowest BCUT2D eigenvalue weighted by Gasteiger charge is -2.34. The average Bonchev–Trinajstić information content (AvgIpc) is 3.34. The Labute approximate surface area is 265 Å². The summed E-state index contributed by atoms with van der Waals surface area (Å²) in [6.45, 7) is 10.8. The predicted molar refractivity (Wildman–Crippen MR) is 180 cm³/mol. The van der Waals surface area contributed by atoms with Gasteiger partial charge in [-0.05, 0) is 120 Å². The smallest absolute Gasteiger partial charge is 0.410 e. The Morgan fingerprint density at radius 3 is 2.31 bits per heavy atom. The third kappa shape index (κ3) is 7.01. The van der Waals surface area contributed by atoms with E-state index in [9.17, 15) is 14.0 Å². The Morgan fingerprint density at radius 1 is 0.956 bits per heavy atom. The van der Waals surface area contributed by atoms with Gasteiger partial charge >= 0.3 is 6.09 Å². The number of halogens is 1. The van der Waals surface area contributed by atoms with Crippen molar-refractivity contribution < 1.29 is 18.7 Å². The molecule has 1 N–H and O–H groups in total. The molecule has 1 amide bonds. The zero-order valence-electron chi connectivity index (χ0n) is 26.6. The summed E-state index contributed by atoms with van der Waals surface area (Å²) in [4.78, 5) is 27.7. The van der Waals surface area contributed by atoms with Crippen LogP contribution in [-0.2, 0) is 11.8 Å². The highest BCUT2D eigenvalue weighted by Crippen LogP contribution is 2.36. The van der Waals surface area contributed by atoms with Gasteiger partial charge in [0.15, 0.2) is 5.78 Å². The lowest BCUT2D eigenvalue weighted by molar-refractivity contribution is 0.0933. The molecule has 0 radical (unpaired) electrons. The van der Waals surface area contributed by atoms with Crippen LogP contribution < -0.4 is 20.5 Å². The van der Waals surface area contributed by atoms with Gasteiger partial charge in [-0.15, -0.1) is 0 Å². The second-order valence-electron chi connectivity index (χ2n) is 12.5. The van der Waals surface area contributed by atoms with E-state index in [2.05, 4.69) is 43.4 Å². The van der Waals surface area contributed by atoms with Gasteiger partial charge in [0.2, 0.25) is 0 Å². The fourth-order valence-electron chi connectivity index (χ4n) is 6.33. The summed E-state index contributed by atoms with van der Waals surface area (Å²) in [5.74, 6) is -0.0666. The van der Waals surface area contributed by atoms with Gasteiger partial charge < -0.3 is 15.0 Å². The Balaban J connectivity index is 0.000000505. The number of amides is 1. The topological polar surface area (TPSA) is 58.6 Å². The second kappa shape index (κ2) is 13.5. The highest BCUT2D eigenvalue weighted by atomic mass is 19.1. The summed E-state index contributed by atoms with van der Waals surface area (Å²) in [5, 5.41) is 5.17. The van der Waals surface area contributed by atoms with E-state index in [4.69, 9.17) is 4.74 Å². The third-order valence-electron chi connectivity index (χ3n) is 8.59. The lowest BCUT2D eigenvalue weighted by Crippen LogP contribution is -2.43. The van der Waals surface area contributed by atoms with Crippen LogP contribution in [0.3, 0.4) is 0 Å². The summed E-state index contributed by atoms with van der Waals surface area (Å²) in [7, 11) is 0. The Hall–Kier alpha value is -4.71. The van der Waals surface area contributed by atoms with E-state index in [1.165, 1.54) is 17.7 Å². The normalized spacial score (nSPS) is 16.7. The highest BCUT2D eigenvalue weighted by molar-refractivity contribution is 6.01. The van der Waals surface area contributed by atoms with E-state index in [0.29, 0.717) is 30.7 Å². The third-order valence-corrected chi connectivity index (χ3v) is 8.59. The van der Waals surface area contributed by atoms with Crippen LogP contribution in [0.2, 0.25) is 0 Å². The van der Waals surface area contributed by atoms with Gasteiger partial charge in [-0.1, -0.05) is 56.4 Å². The molecule has 0 spiro atoms. The van der Waals surface area contributed by atoms with E-state index in [-0.39, 0.29) is 35.1 Å². The van der Waals surface area contributed by atoms with E-state index in [1.54, 1.807) is 17.0 Å². The number of hydrogen-bond acceptors (Lipinski definition) is 4. The number of carbonyl (C=O) groups excluding carboxylic acids is 2. The maximum absolute atomic E-state index is 13.4. The molecule has 1 heterocycles. The standard InChI is InChI=1S/C33H34FNO3.C6H7N/c1-6-35(20(2)3)32(37)38-25-12-14-26-22(17-25)9-13-28-27(26)15-16-30-29(28)18-23(19-33(30,4)5)31(36)21-7-10-24(34)11-8-21;1-2-4-6-7-5-3-1/h7-8,10-18,20,23H,6,9,19H2,1-5H3;1-7H. The van der Waals surface area contributed by atoms with Crippen LogP contribution in [0.15, 0.2) is 91.3 Å². The van der Waals surface area contributed by atoms with Gasteiger partial charge in [0.05, 0.1) is 0 Å². The maximum Gasteiger partial charge on any atom is 0.415 e. The fourth-order valence-corrected chi connectivity index (χ4v) is 6.33. The summed E-state index contributed by atoms with van der Waals surface area (Å²) >= 11 is 0. The molecule has 0 fully saturated rings. The highest BCUT2D eigenvalue weighted by Gasteiger charge is 2.34. The van der Waals surface area contributed by atoms with Crippen LogP contribution in [0.4, 0.5) is 9.18 Å². The average molecular weight is 605 g/mol. The summed E-state index contributed by atoms with van der Waals surface area (Å²) in [6.07, 6.45) is 17.0. The fraction of sp³-hybridized carbons (Fsp3) is 0.282. The van der Waals surface area contributed by atoms with Crippen molar-refractivity contribution in [3.63, 3.8) is 0 Å². The first-order chi connectivity index (χ1) is 21.6. The van der Waals surface area contributed by atoms with E-state index < -0.39 is 0 Å². The van der Waals surface area contributed by atoms with Crippen molar-refractivity contribution in [3.05, 3.63) is 124 Å². The first-order valence-electron chi connectivity index (χ1n) is 15.6. The van der Waals surface area contributed by atoms with Crippen molar-refractivity contribution >= 4 is 24.0 Å². The second-order valence-corrected chi connectivity index (χ2v) is 12.5. The van der Waals surface area contributed by atoms with E-state index in [0.717, 1.165) is 27.1 Å². The summed E-state index contributed by atoms with van der Waals surface area (Å²) < 4.78 is 19.1. The molecular weight excluding hydrogens is 563 g/mol. The van der Waals surface area contributed by atoms with Gasteiger partial charge in [0, 0.05) is 36.5 Å². The van der Waals surface area contributed by atoms with Crippen LogP contribution in [0.1, 0.15) is 62.5 Å². The minimum Gasteiger partial charge on any atom is -0.410 e. The van der Waals surface area contributed by atoms with Gasteiger partial charge in [-0.2, -0.15) is 0 Å². The van der Waals surface area contributed by atoms with Crippen LogP contribution >= 0.6 is 0 Å². The molecule has 1 atom stereocenters. The molecule has 232 valence electrons. The number of hydrogen-bond donors (Lipinski definition) is 1. The largest absolute Gasteiger partial charge is 0.415 e. The van der Waals surface area contributed by atoms with E-state index >= 15 is 0 Å². The molecule has 1 aliphatic heterocycles. The number of carbonyl (C=O) groups is 2. The molecule has 6 heteroatoms. The number of allylic oxidation sites excluding steroid dienone is 4. The Kier molecular flexibility index (Phi) is 9.52. The van der Waals surface area contributed by atoms with Crippen molar-refractivity contribution in [2.45, 2.75) is 58.9 Å². The molecule has 0 saturated carbocycles. The maximum atomic E-state index is 13.4. The molecular formula is C39H41FN2O3. The molecule has 0 saturated heterocycles. The molecule has 1 unspecified atom stereocenters. The number of rotatable bonds is 5. The minimum absolute atomic E-state index is 0.0199. The summed E-state index contributed by atoms with van der Waals surface area (Å²) in [5.41, 5.74) is 4.91. The van der Waals surface area contributed by atoms with Crippen molar-refractivity contribution in [3.8, 4) is 16.9 Å². The zero-order valence-corrected chi connectivity index (χ0v) is 26.6. The molecule has 3 aromatic rings. The van der Waals surface area contributed by atoms with Crippen LogP contribution in [0.5, 0.6) is 5.75 Å². The van der Waals surface area contributed by atoms with Gasteiger partial charge in [0.25, 0.3) is 0 Å². The van der Waals surface area contributed by atoms with Crippen LogP contribution in [-0.4, -0.2) is 29.4 Å². The quantitative estimate of drug-likeness (QED) is 0.313. The van der Waals surface area contributed by atoms with Crippen LogP contribution in [0.25, 0.3) is 23.3 Å². The monoisotopic (exact) mass is 604 g/mol. The Morgan fingerprint density at radius 2 is 1.64 bits per heavy atom. The van der Waals surface area contributed by atoms with Crippen molar-refractivity contribution in [2.75, 3.05) is 6.54 Å².